The van der Waals surface area contributed by atoms with Gasteiger partial charge in [-0.1, -0.05) is 18.2 Å². The summed E-state index contributed by atoms with van der Waals surface area (Å²) in [6.45, 7) is 0.593. The first-order chi connectivity index (χ1) is 9.67. The molecule has 0 aliphatic heterocycles. The zero-order valence-corrected chi connectivity index (χ0v) is 11.5. The molecule has 2 rings (SSSR count). The van der Waals surface area contributed by atoms with Crippen molar-refractivity contribution in [3.63, 3.8) is 0 Å². The van der Waals surface area contributed by atoms with Crippen molar-refractivity contribution < 1.29 is 4.74 Å². The average molecular weight is 268 g/mol. The summed E-state index contributed by atoms with van der Waals surface area (Å²) in [6, 6.07) is 11.4. The summed E-state index contributed by atoms with van der Waals surface area (Å²) in [5.74, 6) is 1.41. The minimum atomic E-state index is 0.396. The number of para-hydroxylation sites is 1. The van der Waals surface area contributed by atoms with E-state index in [2.05, 4.69) is 11.1 Å². The predicted octanol–water partition coefficient (Wildman–Crippen LogP) is 2.18. The second kappa shape index (κ2) is 5.93. The van der Waals surface area contributed by atoms with Crippen molar-refractivity contribution in [2.24, 2.45) is 0 Å². The number of hydrogen-bond donors (Lipinski definition) is 1. The number of anilines is 2. The smallest absolute Gasteiger partial charge is 0.153 e. The van der Waals surface area contributed by atoms with Gasteiger partial charge in [0, 0.05) is 25.4 Å². The van der Waals surface area contributed by atoms with E-state index in [-0.39, 0.29) is 0 Å². The molecule has 1 aromatic carbocycles. The molecule has 5 heteroatoms. The summed E-state index contributed by atoms with van der Waals surface area (Å²) < 4.78 is 5.33. The number of nitriles is 1. The molecule has 1 aromatic heterocycles. The van der Waals surface area contributed by atoms with Gasteiger partial charge in [0.05, 0.1) is 18.4 Å². The van der Waals surface area contributed by atoms with Crippen molar-refractivity contribution in [2.75, 3.05) is 24.8 Å². The van der Waals surface area contributed by atoms with E-state index in [1.165, 1.54) is 0 Å². The van der Waals surface area contributed by atoms with E-state index in [4.69, 9.17) is 15.7 Å². The Morgan fingerprint density at radius 3 is 2.80 bits per heavy atom. The van der Waals surface area contributed by atoms with Crippen LogP contribution in [0.25, 0.3) is 0 Å². The molecule has 2 aromatic rings. The molecule has 0 saturated heterocycles. The molecule has 0 fully saturated rings. The van der Waals surface area contributed by atoms with Crippen molar-refractivity contribution in [2.45, 2.75) is 6.54 Å². The summed E-state index contributed by atoms with van der Waals surface area (Å²) >= 11 is 0. The molecule has 5 nitrogen and oxygen atoms in total. The fourth-order valence-corrected chi connectivity index (χ4v) is 2.03. The summed E-state index contributed by atoms with van der Waals surface area (Å²) in [7, 11) is 3.52. The SMILES string of the molecule is COc1ccccc1CN(C)c1nccc(C#N)c1N. The Hall–Kier alpha value is -2.74. The Balaban J connectivity index is 2.29. The number of hydrogen-bond acceptors (Lipinski definition) is 5. The quantitative estimate of drug-likeness (QED) is 0.919. The van der Waals surface area contributed by atoms with E-state index >= 15 is 0 Å². The maximum absolute atomic E-state index is 9.00. The van der Waals surface area contributed by atoms with Crippen LogP contribution >= 0.6 is 0 Å². The van der Waals surface area contributed by atoms with Gasteiger partial charge < -0.3 is 15.4 Å². The summed E-state index contributed by atoms with van der Waals surface area (Å²) in [4.78, 5) is 6.14. The molecule has 0 unspecified atom stereocenters. The van der Waals surface area contributed by atoms with Crippen LogP contribution in [0.5, 0.6) is 5.75 Å². The molecule has 0 bridgehead atoms. The molecule has 1 heterocycles. The number of pyridine rings is 1. The number of benzene rings is 1. The van der Waals surface area contributed by atoms with Gasteiger partial charge in [-0.3, -0.25) is 0 Å². The van der Waals surface area contributed by atoms with Crippen LogP contribution in [0.15, 0.2) is 36.5 Å². The highest BCUT2D eigenvalue weighted by atomic mass is 16.5. The summed E-state index contributed by atoms with van der Waals surface area (Å²) in [6.07, 6.45) is 1.59. The van der Waals surface area contributed by atoms with Crippen LogP contribution in [0, 0.1) is 11.3 Å². The third-order valence-electron chi connectivity index (χ3n) is 3.05. The number of rotatable bonds is 4. The molecule has 0 atom stereocenters. The first kappa shape index (κ1) is 13.7. The Bertz CT molecular complexity index is 649. The second-order valence-corrected chi connectivity index (χ2v) is 4.38. The monoisotopic (exact) mass is 268 g/mol. The minimum Gasteiger partial charge on any atom is -0.496 e. The topological polar surface area (TPSA) is 75.2 Å². The number of nitrogen functional groups attached to an aromatic ring is 1. The van der Waals surface area contributed by atoms with Crippen LogP contribution < -0.4 is 15.4 Å². The van der Waals surface area contributed by atoms with E-state index < -0.39 is 0 Å². The van der Waals surface area contributed by atoms with Gasteiger partial charge in [0.2, 0.25) is 0 Å². The minimum absolute atomic E-state index is 0.396. The highest BCUT2D eigenvalue weighted by molar-refractivity contribution is 5.69. The Morgan fingerprint density at radius 1 is 1.35 bits per heavy atom. The lowest BCUT2D eigenvalue weighted by Crippen LogP contribution is -2.20. The van der Waals surface area contributed by atoms with Gasteiger partial charge in [-0.15, -0.1) is 0 Å². The van der Waals surface area contributed by atoms with Gasteiger partial charge in [-0.25, -0.2) is 4.98 Å². The van der Waals surface area contributed by atoms with Crippen LogP contribution in [0.3, 0.4) is 0 Å². The summed E-state index contributed by atoms with van der Waals surface area (Å²) in [5.41, 5.74) is 7.82. The molecule has 0 radical (unpaired) electrons. The van der Waals surface area contributed by atoms with Crippen molar-refractivity contribution in [3.05, 3.63) is 47.7 Å². The van der Waals surface area contributed by atoms with Gasteiger partial charge in [-0.2, -0.15) is 5.26 Å². The predicted molar refractivity (Wildman–Crippen MR) is 78.5 cm³/mol. The van der Waals surface area contributed by atoms with Crippen LogP contribution in [0.1, 0.15) is 11.1 Å². The normalized spacial score (nSPS) is 9.85. The highest BCUT2D eigenvalue weighted by Gasteiger charge is 2.12. The molecule has 0 amide bonds. The zero-order chi connectivity index (χ0) is 14.5. The lowest BCUT2D eigenvalue weighted by atomic mass is 10.1. The Morgan fingerprint density at radius 2 is 2.10 bits per heavy atom. The summed E-state index contributed by atoms with van der Waals surface area (Å²) in [5, 5.41) is 9.00. The molecule has 0 aliphatic carbocycles. The standard InChI is InChI=1S/C15H16N4O/c1-19(10-12-5-3-4-6-13(12)20-2)15-14(17)11(9-16)7-8-18-15/h3-8H,10,17H2,1-2H3. The average Bonchev–Trinajstić information content (AvgIpc) is 2.48. The third-order valence-corrected chi connectivity index (χ3v) is 3.05. The third kappa shape index (κ3) is 2.64. The van der Waals surface area contributed by atoms with Crippen molar-refractivity contribution in [1.29, 1.82) is 5.26 Å². The molecule has 2 N–H and O–H groups in total. The number of methoxy groups -OCH3 is 1. The Kier molecular flexibility index (Phi) is 4.06. The van der Waals surface area contributed by atoms with Gasteiger partial charge in [0.15, 0.2) is 5.82 Å². The number of nitrogens with two attached hydrogens (primary N) is 1. The van der Waals surface area contributed by atoms with Crippen molar-refractivity contribution >= 4 is 11.5 Å². The molecular weight excluding hydrogens is 252 g/mol. The first-order valence-corrected chi connectivity index (χ1v) is 6.15. The zero-order valence-electron chi connectivity index (χ0n) is 11.5. The molecule has 0 spiro atoms. The van der Waals surface area contributed by atoms with E-state index in [0.29, 0.717) is 23.6 Å². The lowest BCUT2D eigenvalue weighted by molar-refractivity contribution is 0.409. The highest BCUT2D eigenvalue weighted by Crippen LogP contribution is 2.26. The fraction of sp³-hybridized carbons (Fsp3) is 0.200. The van der Waals surface area contributed by atoms with Gasteiger partial charge in [0.1, 0.15) is 11.8 Å². The maximum Gasteiger partial charge on any atom is 0.153 e. The number of nitrogens with zero attached hydrogens (tertiary/aromatic N) is 3. The number of aromatic nitrogens is 1. The van der Waals surface area contributed by atoms with Gasteiger partial charge >= 0.3 is 0 Å². The Labute approximate surface area is 118 Å². The maximum atomic E-state index is 9.00. The second-order valence-electron chi connectivity index (χ2n) is 4.38. The van der Waals surface area contributed by atoms with Crippen molar-refractivity contribution in [3.8, 4) is 11.8 Å². The van der Waals surface area contributed by atoms with Crippen LogP contribution in [0.2, 0.25) is 0 Å². The van der Waals surface area contributed by atoms with E-state index in [1.807, 2.05) is 36.2 Å². The lowest BCUT2D eigenvalue weighted by Gasteiger charge is -2.21. The molecular formula is C15H16N4O. The van der Waals surface area contributed by atoms with Gasteiger partial charge in [0.25, 0.3) is 0 Å². The largest absolute Gasteiger partial charge is 0.496 e. The fourth-order valence-electron chi connectivity index (χ4n) is 2.03. The van der Waals surface area contributed by atoms with E-state index in [1.54, 1.807) is 19.4 Å². The van der Waals surface area contributed by atoms with Gasteiger partial charge in [-0.05, 0) is 12.1 Å². The molecule has 0 aliphatic rings. The van der Waals surface area contributed by atoms with Crippen molar-refractivity contribution in [1.82, 2.24) is 4.98 Å². The molecule has 0 saturated carbocycles. The van der Waals surface area contributed by atoms with Crippen LogP contribution in [-0.4, -0.2) is 19.1 Å². The van der Waals surface area contributed by atoms with Crippen LogP contribution in [0.4, 0.5) is 11.5 Å². The first-order valence-electron chi connectivity index (χ1n) is 6.15. The van der Waals surface area contributed by atoms with Crippen LogP contribution in [-0.2, 0) is 6.54 Å². The van der Waals surface area contributed by atoms with E-state index in [0.717, 1.165) is 11.3 Å². The van der Waals surface area contributed by atoms with E-state index in [9.17, 15) is 0 Å². The number of ether oxygens (including phenoxy) is 1. The molecule has 20 heavy (non-hydrogen) atoms. The molecule has 102 valence electrons.